The summed E-state index contributed by atoms with van der Waals surface area (Å²) in [5.74, 6) is 1.58. The summed E-state index contributed by atoms with van der Waals surface area (Å²) in [5, 5.41) is 4.39. The molecule has 0 aliphatic heterocycles. The van der Waals surface area contributed by atoms with Gasteiger partial charge in [0.05, 0.1) is 13.7 Å². The van der Waals surface area contributed by atoms with E-state index in [9.17, 15) is 0 Å². The van der Waals surface area contributed by atoms with E-state index in [2.05, 4.69) is 15.3 Å². The number of aromatic nitrogens is 2. The standard InChI is InChI=1S/C16H20ClN3O2S/c1-21-9-8-18-15-13(14(17)19-16(20-15)23-3)10-11-4-6-12(22-2)7-5-11/h4-7H,8-10H2,1-3H3,(H,18,19,20). The van der Waals surface area contributed by atoms with Crippen LogP contribution in [0.5, 0.6) is 5.75 Å². The fraction of sp³-hybridized carbons (Fsp3) is 0.375. The van der Waals surface area contributed by atoms with Gasteiger partial charge in [0.2, 0.25) is 0 Å². The highest BCUT2D eigenvalue weighted by Gasteiger charge is 2.13. The molecule has 0 atom stereocenters. The molecule has 0 saturated carbocycles. The molecule has 2 rings (SSSR count). The summed E-state index contributed by atoms with van der Waals surface area (Å²) < 4.78 is 10.3. The number of hydrogen-bond donors (Lipinski definition) is 1. The SMILES string of the molecule is COCCNc1nc(SC)nc(Cl)c1Cc1ccc(OC)cc1. The molecule has 0 aliphatic rings. The van der Waals surface area contributed by atoms with Gasteiger partial charge in [-0.15, -0.1) is 0 Å². The van der Waals surface area contributed by atoms with E-state index >= 15 is 0 Å². The summed E-state index contributed by atoms with van der Waals surface area (Å²) in [6.07, 6.45) is 2.57. The van der Waals surface area contributed by atoms with Crippen LogP contribution in [-0.4, -0.2) is 43.6 Å². The number of ether oxygens (including phenoxy) is 2. The Labute approximate surface area is 145 Å². The molecule has 0 fully saturated rings. The van der Waals surface area contributed by atoms with Crippen LogP contribution in [0.4, 0.5) is 5.82 Å². The fourth-order valence-corrected chi connectivity index (χ4v) is 2.70. The Kier molecular flexibility index (Phi) is 6.95. The summed E-state index contributed by atoms with van der Waals surface area (Å²) in [4.78, 5) is 8.86. The van der Waals surface area contributed by atoms with Gasteiger partial charge in [0, 0.05) is 25.6 Å². The number of rotatable bonds is 8. The Morgan fingerprint density at radius 1 is 1.17 bits per heavy atom. The topological polar surface area (TPSA) is 56.3 Å². The van der Waals surface area contributed by atoms with Crippen molar-refractivity contribution in [3.8, 4) is 5.75 Å². The van der Waals surface area contributed by atoms with Gasteiger partial charge in [0.1, 0.15) is 16.7 Å². The first-order valence-electron chi connectivity index (χ1n) is 7.14. The van der Waals surface area contributed by atoms with Crippen molar-refractivity contribution in [1.82, 2.24) is 9.97 Å². The van der Waals surface area contributed by atoms with Crippen LogP contribution in [0.15, 0.2) is 29.4 Å². The molecule has 1 N–H and O–H groups in total. The first-order chi connectivity index (χ1) is 11.2. The van der Waals surface area contributed by atoms with Gasteiger partial charge in [-0.3, -0.25) is 0 Å². The van der Waals surface area contributed by atoms with Crippen molar-refractivity contribution in [1.29, 1.82) is 0 Å². The summed E-state index contributed by atoms with van der Waals surface area (Å²) in [7, 11) is 3.32. The molecule has 0 saturated heterocycles. The third kappa shape index (κ3) is 4.99. The second kappa shape index (κ2) is 8.96. The Bertz CT molecular complexity index is 638. The normalized spacial score (nSPS) is 10.6. The van der Waals surface area contributed by atoms with Crippen molar-refractivity contribution >= 4 is 29.2 Å². The van der Waals surface area contributed by atoms with Gasteiger partial charge in [-0.2, -0.15) is 0 Å². The number of benzene rings is 1. The molecule has 5 nitrogen and oxygen atoms in total. The van der Waals surface area contributed by atoms with E-state index in [0.29, 0.717) is 29.9 Å². The second-order valence-electron chi connectivity index (χ2n) is 4.77. The average molecular weight is 354 g/mol. The lowest BCUT2D eigenvalue weighted by Gasteiger charge is -2.13. The minimum Gasteiger partial charge on any atom is -0.497 e. The van der Waals surface area contributed by atoms with Crippen molar-refractivity contribution in [3.63, 3.8) is 0 Å². The lowest BCUT2D eigenvalue weighted by molar-refractivity contribution is 0.210. The van der Waals surface area contributed by atoms with E-state index < -0.39 is 0 Å². The molecule has 124 valence electrons. The molecule has 0 aliphatic carbocycles. The second-order valence-corrected chi connectivity index (χ2v) is 5.90. The summed E-state index contributed by atoms with van der Waals surface area (Å²) in [5.41, 5.74) is 1.99. The molecule has 0 spiro atoms. The minimum atomic E-state index is 0.472. The van der Waals surface area contributed by atoms with Crippen LogP contribution in [0.1, 0.15) is 11.1 Å². The maximum Gasteiger partial charge on any atom is 0.190 e. The molecule has 1 aromatic heterocycles. The molecule has 2 aromatic rings. The van der Waals surface area contributed by atoms with E-state index in [1.807, 2.05) is 30.5 Å². The highest BCUT2D eigenvalue weighted by atomic mass is 35.5. The number of thioether (sulfide) groups is 1. The lowest BCUT2D eigenvalue weighted by Crippen LogP contribution is -2.12. The smallest absolute Gasteiger partial charge is 0.190 e. The first-order valence-corrected chi connectivity index (χ1v) is 8.74. The van der Waals surface area contributed by atoms with E-state index in [-0.39, 0.29) is 0 Å². The summed E-state index contributed by atoms with van der Waals surface area (Å²) in [6.45, 7) is 1.26. The molecule has 1 aromatic carbocycles. The number of hydrogen-bond acceptors (Lipinski definition) is 6. The monoisotopic (exact) mass is 353 g/mol. The molecular weight excluding hydrogens is 334 g/mol. The molecule has 0 radical (unpaired) electrons. The largest absolute Gasteiger partial charge is 0.497 e. The molecule has 0 unspecified atom stereocenters. The molecule has 23 heavy (non-hydrogen) atoms. The van der Waals surface area contributed by atoms with Crippen LogP contribution in [0.3, 0.4) is 0 Å². The third-order valence-electron chi connectivity index (χ3n) is 3.26. The molecular formula is C16H20ClN3O2S. The highest BCUT2D eigenvalue weighted by molar-refractivity contribution is 7.98. The summed E-state index contributed by atoms with van der Waals surface area (Å²) >= 11 is 7.84. The average Bonchev–Trinajstić information content (AvgIpc) is 2.58. The van der Waals surface area contributed by atoms with E-state index in [1.54, 1.807) is 14.2 Å². The van der Waals surface area contributed by atoms with Gasteiger partial charge in [0.25, 0.3) is 0 Å². The van der Waals surface area contributed by atoms with Crippen LogP contribution >= 0.6 is 23.4 Å². The predicted octanol–water partition coefficient (Wildman–Crippen LogP) is 3.51. The minimum absolute atomic E-state index is 0.472. The van der Waals surface area contributed by atoms with Crippen LogP contribution in [0.2, 0.25) is 5.15 Å². The van der Waals surface area contributed by atoms with E-state index in [0.717, 1.165) is 22.7 Å². The Morgan fingerprint density at radius 2 is 1.91 bits per heavy atom. The molecule has 7 heteroatoms. The van der Waals surface area contributed by atoms with Gasteiger partial charge in [-0.05, 0) is 24.0 Å². The zero-order chi connectivity index (χ0) is 16.7. The zero-order valence-corrected chi connectivity index (χ0v) is 15.0. The van der Waals surface area contributed by atoms with Gasteiger partial charge < -0.3 is 14.8 Å². The van der Waals surface area contributed by atoms with Crippen LogP contribution in [0, 0.1) is 0 Å². The van der Waals surface area contributed by atoms with Crippen LogP contribution in [0.25, 0.3) is 0 Å². The van der Waals surface area contributed by atoms with Gasteiger partial charge in [-0.25, -0.2) is 9.97 Å². The number of anilines is 1. The maximum atomic E-state index is 6.37. The van der Waals surface area contributed by atoms with Crippen LogP contribution < -0.4 is 10.1 Å². The number of methoxy groups -OCH3 is 2. The number of nitrogens with one attached hydrogen (secondary N) is 1. The molecule has 0 bridgehead atoms. The number of halogens is 1. The Balaban J connectivity index is 2.26. The molecule has 0 amide bonds. The summed E-state index contributed by atoms with van der Waals surface area (Å²) in [6, 6.07) is 7.88. The number of nitrogens with zero attached hydrogens (tertiary/aromatic N) is 2. The van der Waals surface area contributed by atoms with Crippen LogP contribution in [-0.2, 0) is 11.2 Å². The quantitative estimate of drug-likeness (QED) is 0.339. The zero-order valence-electron chi connectivity index (χ0n) is 13.4. The van der Waals surface area contributed by atoms with Gasteiger partial charge in [-0.1, -0.05) is 35.5 Å². The van der Waals surface area contributed by atoms with Crippen molar-refractivity contribution in [2.75, 3.05) is 38.9 Å². The Hall–Kier alpha value is -1.50. The van der Waals surface area contributed by atoms with Crippen molar-refractivity contribution in [2.45, 2.75) is 11.6 Å². The van der Waals surface area contributed by atoms with E-state index in [1.165, 1.54) is 11.8 Å². The molecule has 1 heterocycles. The van der Waals surface area contributed by atoms with Gasteiger partial charge in [0.15, 0.2) is 5.16 Å². The Morgan fingerprint density at radius 3 is 2.52 bits per heavy atom. The highest BCUT2D eigenvalue weighted by Crippen LogP contribution is 2.27. The third-order valence-corrected chi connectivity index (χ3v) is 4.12. The van der Waals surface area contributed by atoms with Crippen molar-refractivity contribution in [3.05, 3.63) is 40.5 Å². The van der Waals surface area contributed by atoms with E-state index in [4.69, 9.17) is 21.1 Å². The van der Waals surface area contributed by atoms with Gasteiger partial charge >= 0.3 is 0 Å². The fourth-order valence-electron chi connectivity index (χ4n) is 2.05. The van der Waals surface area contributed by atoms with Crippen molar-refractivity contribution < 1.29 is 9.47 Å². The van der Waals surface area contributed by atoms with Crippen molar-refractivity contribution in [2.24, 2.45) is 0 Å². The first kappa shape index (κ1) is 17.8. The maximum absolute atomic E-state index is 6.37. The predicted molar refractivity (Wildman–Crippen MR) is 95.0 cm³/mol. The lowest BCUT2D eigenvalue weighted by atomic mass is 10.1.